The molecule has 0 saturated carbocycles. The van der Waals surface area contributed by atoms with E-state index in [1.165, 1.54) is 6.21 Å². The van der Waals surface area contributed by atoms with E-state index in [0.717, 1.165) is 11.1 Å². The molecule has 0 aromatic heterocycles. The fraction of sp³-hybridized carbons (Fsp3) is 0.0667. The average Bonchev–Trinajstić information content (AvgIpc) is 2.47. The predicted octanol–water partition coefficient (Wildman–Crippen LogP) is 2.92. The van der Waals surface area contributed by atoms with Gasteiger partial charge in [0.15, 0.2) is 0 Å². The Morgan fingerprint density at radius 1 is 1.29 bits per heavy atom. The van der Waals surface area contributed by atoms with E-state index in [4.69, 9.17) is 22.1 Å². The highest BCUT2D eigenvalue weighted by Gasteiger charge is 2.03. The number of hydrogen-bond acceptors (Lipinski definition) is 3. The highest BCUT2D eigenvalue weighted by Crippen LogP contribution is 2.25. The number of rotatable bonds is 5. The van der Waals surface area contributed by atoms with E-state index in [9.17, 15) is 4.79 Å². The molecule has 0 aliphatic carbocycles. The van der Waals surface area contributed by atoms with Crippen molar-refractivity contribution in [3.8, 4) is 5.75 Å². The van der Waals surface area contributed by atoms with Crippen molar-refractivity contribution in [1.82, 2.24) is 5.43 Å². The smallest absolute Gasteiger partial charge is 0.332 e. The van der Waals surface area contributed by atoms with E-state index in [-0.39, 0.29) is 0 Å². The number of primary amides is 1. The molecule has 0 unspecified atom stereocenters. The predicted molar refractivity (Wildman–Crippen MR) is 82.5 cm³/mol. The van der Waals surface area contributed by atoms with Crippen LogP contribution in [0.4, 0.5) is 4.79 Å². The minimum Gasteiger partial charge on any atom is -0.487 e. The first kappa shape index (κ1) is 14.9. The lowest BCUT2D eigenvalue weighted by atomic mass is 10.2. The Hall–Kier alpha value is -2.53. The Morgan fingerprint density at radius 2 is 2.05 bits per heavy atom. The Kier molecular flexibility index (Phi) is 5.17. The van der Waals surface area contributed by atoms with Crippen molar-refractivity contribution in [2.24, 2.45) is 10.8 Å². The second-order valence-electron chi connectivity index (χ2n) is 4.20. The molecule has 5 nitrogen and oxygen atoms in total. The van der Waals surface area contributed by atoms with Crippen LogP contribution in [0.2, 0.25) is 5.02 Å². The lowest BCUT2D eigenvalue weighted by Crippen LogP contribution is -2.24. The van der Waals surface area contributed by atoms with E-state index < -0.39 is 6.03 Å². The number of hydrazone groups is 1. The van der Waals surface area contributed by atoms with Gasteiger partial charge in [-0.2, -0.15) is 5.10 Å². The Labute approximate surface area is 127 Å². The number of carbonyl (C=O) groups is 1. The number of nitrogens with one attached hydrogen (secondary N) is 1. The summed E-state index contributed by atoms with van der Waals surface area (Å²) < 4.78 is 5.65. The summed E-state index contributed by atoms with van der Waals surface area (Å²) in [5, 5.41) is 4.12. The molecule has 0 aliphatic rings. The molecule has 0 heterocycles. The number of halogens is 1. The number of nitrogens with two attached hydrogens (primary N) is 1. The van der Waals surface area contributed by atoms with Crippen molar-refractivity contribution >= 4 is 23.8 Å². The van der Waals surface area contributed by atoms with Gasteiger partial charge in [-0.1, -0.05) is 41.9 Å². The molecular formula is C15H14ClN3O2. The second kappa shape index (κ2) is 7.31. The lowest BCUT2D eigenvalue weighted by Gasteiger charge is -2.08. The molecule has 0 atom stereocenters. The fourth-order valence-corrected chi connectivity index (χ4v) is 1.86. The van der Waals surface area contributed by atoms with Crippen molar-refractivity contribution in [1.29, 1.82) is 0 Å². The van der Waals surface area contributed by atoms with Crippen molar-refractivity contribution in [2.75, 3.05) is 0 Å². The zero-order valence-corrected chi connectivity index (χ0v) is 11.9. The van der Waals surface area contributed by atoms with E-state index >= 15 is 0 Å². The third-order valence-corrected chi connectivity index (χ3v) is 2.88. The summed E-state index contributed by atoms with van der Waals surface area (Å²) in [6.45, 7) is 0.442. The fourth-order valence-electron chi connectivity index (χ4n) is 1.62. The number of nitrogens with zero attached hydrogens (tertiary/aromatic N) is 1. The van der Waals surface area contributed by atoms with Gasteiger partial charge >= 0.3 is 6.03 Å². The number of urea groups is 1. The second-order valence-corrected chi connectivity index (χ2v) is 4.61. The van der Waals surface area contributed by atoms with Crippen LogP contribution >= 0.6 is 11.6 Å². The topological polar surface area (TPSA) is 76.7 Å². The lowest BCUT2D eigenvalue weighted by molar-refractivity contribution is 0.249. The average molecular weight is 304 g/mol. The van der Waals surface area contributed by atoms with Crippen molar-refractivity contribution in [3.05, 3.63) is 64.7 Å². The van der Waals surface area contributed by atoms with Gasteiger partial charge in [-0.3, -0.25) is 0 Å². The minimum atomic E-state index is -0.722. The highest BCUT2D eigenvalue weighted by molar-refractivity contribution is 6.32. The molecule has 2 aromatic rings. The van der Waals surface area contributed by atoms with Crippen LogP contribution in [0.5, 0.6) is 5.75 Å². The quantitative estimate of drug-likeness (QED) is 0.658. The van der Waals surface area contributed by atoms with Gasteiger partial charge in [-0.15, -0.1) is 0 Å². The van der Waals surface area contributed by atoms with Crippen LogP contribution in [0.25, 0.3) is 0 Å². The van der Waals surface area contributed by atoms with Crippen LogP contribution in [0, 0.1) is 0 Å². The maximum absolute atomic E-state index is 10.5. The molecule has 2 rings (SSSR count). The maximum atomic E-state index is 10.5. The van der Waals surface area contributed by atoms with Crippen LogP contribution in [0.3, 0.4) is 0 Å². The highest BCUT2D eigenvalue weighted by atomic mass is 35.5. The number of hydrogen-bond donors (Lipinski definition) is 2. The summed E-state index contributed by atoms with van der Waals surface area (Å²) in [7, 11) is 0. The van der Waals surface area contributed by atoms with Gasteiger partial charge in [0.1, 0.15) is 12.4 Å². The molecular weight excluding hydrogens is 290 g/mol. The zero-order valence-electron chi connectivity index (χ0n) is 11.1. The van der Waals surface area contributed by atoms with Crippen LogP contribution in [-0.2, 0) is 6.61 Å². The summed E-state index contributed by atoms with van der Waals surface area (Å²) in [5.74, 6) is 0.584. The van der Waals surface area contributed by atoms with Gasteiger partial charge in [0, 0.05) is 0 Å². The molecule has 108 valence electrons. The van der Waals surface area contributed by atoms with Crippen LogP contribution < -0.4 is 15.9 Å². The van der Waals surface area contributed by atoms with Crippen molar-refractivity contribution in [3.63, 3.8) is 0 Å². The number of amides is 2. The first-order valence-electron chi connectivity index (χ1n) is 6.20. The number of carbonyl (C=O) groups excluding carboxylic acids is 1. The molecule has 0 aliphatic heterocycles. The van der Waals surface area contributed by atoms with Gasteiger partial charge in [-0.05, 0) is 29.3 Å². The largest absolute Gasteiger partial charge is 0.487 e. The summed E-state index contributed by atoms with van der Waals surface area (Å²) >= 11 is 6.14. The molecule has 6 heteroatoms. The molecule has 0 spiro atoms. The Morgan fingerprint density at radius 3 is 2.71 bits per heavy atom. The minimum absolute atomic E-state index is 0.442. The van der Waals surface area contributed by atoms with E-state index in [1.54, 1.807) is 18.2 Å². The Bertz CT molecular complexity index is 645. The molecule has 2 amide bonds. The number of benzene rings is 2. The summed E-state index contributed by atoms with van der Waals surface area (Å²) in [4.78, 5) is 10.5. The third kappa shape index (κ3) is 4.81. The van der Waals surface area contributed by atoms with Gasteiger partial charge in [0.2, 0.25) is 0 Å². The van der Waals surface area contributed by atoms with Gasteiger partial charge < -0.3 is 10.5 Å². The molecule has 3 N–H and O–H groups in total. The maximum Gasteiger partial charge on any atom is 0.332 e. The monoisotopic (exact) mass is 303 g/mol. The van der Waals surface area contributed by atoms with Gasteiger partial charge in [0.25, 0.3) is 0 Å². The SMILES string of the molecule is NC(=O)NN=Cc1ccc(OCc2ccccc2)c(Cl)c1. The summed E-state index contributed by atoms with van der Waals surface area (Å²) in [6.07, 6.45) is 1.44. The standard InChI is InChI=1S/C15H14ClN3O2/c16-13-8-12(9-18-19-15(17)20)6-7-14(13)21-10-11-4-2-1-3-5-11/h1-9H,10H2,(H3,17,19,20). The number of ether oxygens (including phenoxy) is 1. The molecule has 0 bridgehead atoms. The van der Waals surface area contributed by atoms with E-state index in [2.05, 4.69) is 10.5 Å². The van der Waals surface area contributed by atoms with E-state index in [0.29, 0.717) is 17.4 Å². The van der Waals surface area contributed by atoms with Gasteiger partial charge in [0.05, 0.1) is 11.2 Å². The molecule has 0 radical (unpaired) electrons. The summed E-state index contributed by atoms with van der Waals surface area (Å²) in [5.41, 5.74) is 8.79. The first-order chi connectivity index (χ1) is 10.1. The van der Waals surface area contributed by atoms with Crippen LogP contribution in [0.1, 0.15) is 11.1 Å². The van der Waals surface area contributed by atoms with Gasteiger partial charge in [-0.25, -0.2) is 10.2 Å². The molecule has 2 aromatic carbocycles. The first-order valence-corrected chi connectivity index (χ1v) is 6.58. The van der Waals surface area contributed by atoms with E-state index in [1.807, 2.05) is 30.3 Å². The Balaban J connectivity index is 1.99. The summed E-state index contributed by atoms with van der Waals surface area (Å²) in [6, 6.07) is 14.3. The normalized spacial score (nSPS) is 10.5. The third-order valence-electron chi connectivity index (χ3n) is 2.58. The molecule has 21 heavy (non-hydrogen) atoms. The van der Waals surface area contributed by atoms with Crippen LogP contribution in [-0.4, -0.2) is 12.2 Å². The van der Waals surface area contributed by atoms with Crippen molar-refractivity contribution in [2.45, 2.75) is 6.61 Å². The van der Waals surface area contributed by atoms with Crippen LogP contribution in [0.15, 0.2) is 53.6 Å². The molecule has 0 saturated heterocycles. The van der Waals surface area contributed by atoms with Crippen molar-refractivity contribution < 1.29 is 9.53 Å². The molecule has 0 fully saturated rings. The zero-order chi connectivity index (χ0) is 15.1.